The van der Waals surface area contributed by atoms with Crippen molar-refractivity contribution in [3.8, 4) is 0 Å². The van der Waals surface area contributed by atoms with Crippen molar-refractivity contribution in [1.82, 2.24) is 0 Å². The van der Waals surface area contributed by atoms with Gasteiger partial charge in [0.25, 0.3) is 0 Å². The van der Waals surface area contributed by atoms with Gasteiger partial charge in [-0.1, -0.05) is 41.9 Å². The third kappa shape index (κ3) is 2.43. The first-order valence-electron chi connectivity index (χ1n) is 5.29. The topological polar surface area (TPSA) is 40.5 Å². The molecule has 2 aromatic rings. The van der Waals surface area contributed by atoms with Crippen molar-refractivity contribution in [3.05, 3.63) is 47.0 Å². The zero-order valence-electron chi connectivity index (χ0n) is 9.05. The fourth-order valence-electron chi connectivity index (χ4n) is 1.88. The summed E-state index contributed by atoms with van der Waals surface area (Å²) >= 11 is 10.1. The van der Waals surface area contributed by atoms with E-state index in [1.807, 2.05) is 24.3 Å². The van der Waals surface area contributed by atoms with Crippen LogP contribution < -0.4 is 0 Å². The van der Waals surface area contributed by atoms with Crippen LogP contribution in [0.2, 0.25) is 5.02 Å². The van der Waals surface area contributed by atoms with Gasteiger partial charge in [0.1, 0.15) is 6.10 Å². The van der Waals surface area contributed by atoms with Crippen LogP contribution in [0.15, 0.2) is 36.4 Å². The lowest BCUT2D eigenvalue weighted by molar-refractivity contribution is 0.0347. The van der Waals surface area contributed by atoms with Crippen LogP contribution in [0.1, 0.15) is 11.7 Å². The second-order valence-corrected chi connectivity index (χ2v) is 4.65. The zero-order valence-corrected chi connectivity index (χ0v) is 10.7. The van der Waals surface area contributed by atoms with Gasteiger partial charge >= 0.3 is 0 Å². The molecular weight excluding hydrogens is 256 g/mol. The van der Waals surface area contributed by atoms with Crippen molar-refractivity contribution in [2.45, 2.75) is 12.2 Å². The van der Waals surface area contributed by atoms with Crippen molar-refractivity contribution in [2.75, 3.05) is 5.75 Å². The smallest absolute Gasteiger partial charge is 0.106 e. The molecule has 4 heteroatoms. The summed E-state index contributed by atoms with van der Waals surface area (Å²) in [5.74, 6) is 0.196. The van der Waals surface area contributed by atoms with E-state index in [0.717, 1.165) is 10.8 Å². The first kappa shape index (κ1) is 12.7. The minimum atomic E-state index is -0.976. The zero-order chi connectivity index (χ0) is 12.4. The van der Waals surface area contributed by atoms with Crippen LogP contribution in [0.25, 0.3) is 10.8 Å². The SMILES string of the molecule is OC(CS)C(O)c1cccc2cccc(Cl)c12. The molecule has 90 valence electrons. The fraction of sp³-hybridized carbons (Fsp3) is 0.231. The molecule has 0 radical (unpaired) electrons. The normalized spacial score (nSPS) is 14.8. The molecule has 2 N–H and O–H groups in total. The molecule has 2 aromatic carbocycles. The number of rotatable bonds is 3. The molecule has 2 nitrogen and oxygen atoms in total. The van der Waals surface area contributed by atoms with Gasteiger partial charge in [-0.3, -0.25) is 0 Å². The number of hydrogen-bond donors (Lipinski definition) is 3. The fourth-order valence-corrected chi connectivity index (χ4v) is 2.37. The predicted molar refractivity (Wildman–Crippen MR) is 73.8 cm³/mol. The van der Waals surface area contributed by atoms with Crippen LogP contribution in [-0.4, -0.2) is 22.1 Å². The number of aliphatic hydroxyl groups excluding tert-OH is 2. The van der Waals surface area contributed by atoms with Crippen LogP contribution >= 0.6 is 24.2 Å². The summed E-state index contributed by atoms with van der Waals surface area (Å²) in [6.07, 6.45) is -1.88. The highest BCUT2D eigenvalue weighted by atomic mass is 35.5. The van der Waals surface area contributed by atoms with E-state index < -0.39 is 12.2 Å². The Morgan fingerprint density at radius 2 is 1.76 bits per heavy atom. The average Bonchev–Trinajstić information content (AvgIpc) is 2.36. The summed E-state index contributed by atoms with van der Waals surface area (Å²) in [7, 11) is 0. The monoisotopic (exact) mass is 268 g/mol. The lowest BCUT2D eigenvalue weighted by atomic mass is 9.98. The molecule has 0 aliphatic rings. The molecule has 2 rings (SSSR count). The number of benzene rings is 2. The number of fused-ring (bicyclic) bond motifs is 1. The standard InChI is InChI=1S/C13H13ClO2S/c14-10-6-2-4-8-3-1-5-9(12(8)10)13(16)11(15)7-17/h1-6,11,13,15-17H,7H2. The molecule has 0 bridgehead atoms. The third-order valence-electron chi connectivity index (χ3n) is 2.76. The molecule has 2 atom stereocenters. The predicted octanol–water partition coefficient (Wildman–Crippen LogP) is 2.82. The summed E-state index contributed by atoms with van der Waals surface area (Å²) in [4.78, 5) is 0. The maximum atomic E-state index is 10.1. The van der Waals surface area contributed by atoms with Gasteiger partial charge in [0.05, 0.1) is 6.10 Å². The average molecular weight is 269 g/mol. The van der Waals surface area contributed by atoms with Gasteiger partial charge in [0.2, 0.25) is 0 Å². The van der Waals surface area contributed by atoms with E-state index in [1.54, 1.807) is 12.1 Å². The van der Waals surface area contributed by atoms with Gasteiger partial charge in [-0.05, 0) is 17.0 Å². The minimum Gasteiger partial charge on any atom is -0.389 e. The molecule has 0 heterocycles. The molecule has 0 aromatic heterocycles. The molecule has 0 saturated carbocycles. The summed E-state index contributed by atoms with van der Waals surface area (Å²) in [6, 6.07) is 11.1. The van der Waals surface area contributed by atoms with Crippen molar-refractivity contribution in [2.24, 2.45) is 0 Å². The van der Waals surface area contributed by atoms with Crippen molar-refractivity contribution in [3.63, 3.8) is 0 Å². The number of halogens is 1. The molecule has 17 heavy (non-hydrogen) atoms. The van der Waals surface area contributed by atoms with E-state index in [9.17, 15) is 10.2 Å². The summed E-state index contributed by atoms with van der Waals surface area (Å²) < 4.78 is 0. The third-order valence-corrected chi connectivity index (χ3v) is 3.45. The summed E-state index contributed by atoms with van der Waals surface area (Å²) in [6.45, 7) is 0. The first-order chi connectivity index (χ1) is 8.15. The Bertz CT molecular complexity index is 525. The molecule has 0 spiro atoms. The minimum absolute atomic E-state index is 0.196. The van der Waals surface area contributed by atoms with Gasteiger partial charge in [-0.15, -0.1) is 0 Å². The highest BCUT2D eigenvalue weighted by Crippen LogP contribution is 2.31. The lowest BCUT2D eigenvalue weighted by Gasteiger charge is -2.18. The van der Waals surface area contributed by atoms with E-state index in [0.29, 0.717) is 10.6 Å². The molecule has 0 aliphatic carbocycles. The Morgan fingerprint density at radius 1 is 1.12 bits per heavy atom. The summed E-state index contributed by atoms with van der Waals surface area (Å²) in [5.41, 5.74) is 0.634. The maximum absolute atomic E-state index is 10.1. The molecule has 0 saturated heterocycles. The van der Waals surface area contributed by atoms with Crippen molar-refractivity contribution < 1.29 is 10.2 Å². The van der Waals surface area contributed by atoms with Gasteiger partial charge in [-0.25, -0.2) is 0 Å². The molecule has 0 amide bonds. The Hall–Kier alpha value is -0.740. The van der Waals surface area contributed by atoms with Crippen LogP contribution in [0.3, 0.4) is 0 Å². The largest absolute Gasteiger partial charge is 0.389 e. The number of hydrogen-bond acceptors (Lipinski definition) is 3. The molecule has 0 fully saturated rings. The maximum Gasteiger partial charge on any atom is 0.106 e. The highest BCUT2D eigenvalue weighted by Gasteiger charge is 2.19. The number of aliphatic hydroxyl groups is 2. The van der Waals surface area contributed by atoms with Crippen LogP contribution in [0, 0.1) is 0 Å². The van der Waals surface area contributed by atoms with Gasteiger partial charge in [0.15, 0.2) is 0 Å². The second kappa shape index (κ2) is 5.27. The van der Waals surface area contributed by atoms with Crippen molar-refractivity contribution >= 4 is 35.0 Å². The van der Waals surface area contributed by atoms with Gasteiger partial charge in [0, 0.05) is 16.2 Å². The van der Waals surface area contributed by atoms with Crippen LogP contribution in [0.4, 0.5) is 0 Å². The lowest BCUT2D eigenvalue weighted by Crippen LogP contribution is -2.20. The molecule has 0 aliphatic heterocycles. The Labute approximate surface area is 110 Å². The van der Waals surface area contributed by atoms with Gasteiger partial charge in [-0.2, -0.15) is 12.6 Å². The molecular formula is C13H13ClO2S. The quantitative estimate of drug-likeness (QED) is 0.749. The van der Waals surface area contributed by atoms with Crippen LogP contribution in [-0.2, 0) is 0 Å². The Morgan fingerprint density at radius 3 is 2.41 bits per heavy atom. The van der Waals surface area contributed by atoms with E-state index in [-0.39, 0.29) is 5.75 Å². The van der Waals surface area contributed by atoms with E-state index in [4.69, 9.17) is 11.6 Å². The Balaban J connectivity index is 2.61. The highest BCUT2D eigenvalue weighted by molar-refractivity contribution is 7.80. The van der Waals surface area contributed by atoms with E-state index in [1.165, 1.54) is 0 Å². The second-order valence-electron chi connectivity index (χ2n) is 3.88. The van der Waals surface area contributed by atoms with Gasteiger partial charge < -0.3 is 10.2 Å². The molecule has 2 unspecified atom stereocenters. The van der Waals surface area contributed by atoms with Crippen molar-refractivity contribution in [1.29, 1.82) is 0 Å². The van der Waals surface area contributed by atoms with E-state index in [2.05, 4.69) is 12.6 Å². The first-order valence-corrected chi connectivity index (χ1v) is 6.30. The van der Waals surface area contributed by atoms with E-state index >= 15 is 0 Å². The van der Waals surface area contributed by atoms with Crippen LogP contribution in [0.5, 0.6) is 0 Å². The summed E-state index contributed by atoms with van der Waals surface area (Å²) in [5, 5.41) is 22.0. The Kier molecular flexibility index (Phi) is 3.94. The number of thiol groups is 1.